The van der Waals surface area contributed by atoms with Crippen LogP contribution in [0.2, 0.25) is 0 Å². The molecule has 0 saturated carbocycles. The van der Waals surface area contributed by atoms with Gasteiger partial charge in [-0.1, -0.05) is 54.6 Å². The van der Waals surface area contributed by atoms with Crippen LogP contribution in [0.15, 0.2) is 72.8 Å². The molecule has 0 atom stereocenters. The zero-order chi connectivity index (χ0) is 19.6. The first-order valence-electron chi connectivity index (χ1n) is 9.46. The lowest BCUT2D eigenvalue weighted by Crippen LogP contribution is -2.17. The molecule has 0 aliphatic carbocycles. The topological polar surface area (TPSA) is 39.7 Å². The van der Waals surface area contributed by atoms with Gasteiger partial charge in [-0.15, -0.1) is 0 Å². The van der Waals surface area contributed by atoms with E-state index in [1.807, 2.05) is 60.7 Å². The molecule has 0 aliphatic rings. The van der Waals surface area contributed by atoms with Crippen molar-refractivity contribution in [3.63, 3.8) is 0 Å². The summed E-state index contributed by atoms with van der Waals surface area (Å²) in [5, 5.41) is 3.48. The quantitative estimate of drug-likeness (QED) is 0.524. The number of hydrogen-bond donors (Lipinski definition) is 1. The fraction of sp³-hybridized carbons (Fsp3) is 0.250. The van der Waals surface area contributed by atoms with Crippen LogP contribution in [0.3, 0.4) is 0 Å². The third-order valence-corrected chi connectivity index (χ3v) is 4.56. The van der Waals surface area contributed by atoms with Crippen LogP contribution in [0.25, 0.3) is 0 Å². The molecule has 0 amide bonds. The normalized spacial score (nSPS) is 10.5. The summed E-state index contributed by atoms with van der Waals surface area (Å²) in [6.45, 7) is 2.16. The largest absolute Gasteiger partial charge is 0.496 e. The van der Waals surface area contributed by atoms with Crippen molar-refractivity contribution in [2.75, 3.05) is 20.8 Å². The maximum absolute atomic E-state index is 5.92. The van der Waals surface area contributed by atoms with E-state index in [0.29, 0.717) is 6.61 Å². The average molecular weight is 377 g/mol. The molecule has 3 aromatic carbocycles. The molecule has 0 spiro atoms. The first-order chi connectivity index (χ1) is 13.8. The Balaban J connectivity index is 1.52. The third kappa shape index (κ3) is 5.51. The van der Waals surface area contributed by atoms with Crippen LogP contribution >= 0.6 is 0 Å². The van der Waals surface area contributed by atoms with Gasteiger partial charge >= 0.3 is 0 Å². The summed E-state index contributed by atoms with van der Waals surface area (Å²) in [4.78, 5) is 0. The lowest BCUT2D eigenvalue weighted by Gasteiger charge is -2.13. The molecular formula is C24H27NO3. The molecule has 0 fully saturated rings. The van der Waals surface area contributed by atoms with E-state index in [0.717, 1.165) is 47.9 Å². The fourth-order valence-electron chi connectivity index (χ4n) is 3.04. The van der Waals surface area contributed by atoms with Crippen molar-refractivity contribution < 1.29 is 14.2 Å². The second-order valence-electron chi connectivity index (χ2n) is 6.50. The zero-order valence-electron chi connectivity index (χ0n) is 16.5. The van der Waals surface area contributed by atoms with E-state index in [1.165, 1.54) is 5.56 Å². The van der Waals surface area contributed by atoms with E-state index >= 15 is 0 Å². The summed E-state index contributed by atoms with van der Waals surface area (Å²) in [5.41, 5.74) is 3.50. The average Bonchev–Trinajstić information content (AvgIpc) is 2.76. The molecule has 3 rings (SSSR count). The minimum absolute atomic E-state index is 0.522. The Bertz CT molecular complexity index is 865. The van der Waals surface area contributed by atoms with Gasteiger partial charge in [0, 0.05) is 6.54 Å². The predicted molar refractivity (Wildman–Crippen MR) is 112 cm³/mol. The highest BCUT2D eigenvalue weighted by molar-refractivity contribution is 5.43. The van der Waals surface area contributed by atoms with Crippen molar-refractivity contribution >= 4 is 0 Å². The van der Waals surface area contributed by atoms with Crippen LogP contribution < -0.4 is 19.5 Å². The first kappa shape index (κ1) is 19.8. The lowest BCUT2D eigenvalue weighted by atomic mass is 10.1. The highest BCUT2D eigenvalue weighted by atomic mass is 16.5. The third-order valence-electron chi connectivity index (χ3n) is 4.56. The predicted octanol–water partition coefficient (Wildman–Crippen LogP) is 4.62. The van der Waals surface area contributed by atoms with Crippen LogP contribution in [0.5, 0.6) is 17.2 Å². The summed E-state index contributed by atoms with van der Waals surface area (Å²) in [6.07, 6.45) is 0.916. The molecular weight excluding hydrogens is 350 g/mol. The van der Waals surface area contributed by atoms with Crippen molar-refractivity contribution in [3.05, 3.63) is 89.5 Å². The van der Waals surface area contributed by atoms with Crippen LogP contribution in [0.4, 0.5) is 0 Å². The van der Waals surface area contributed by atoms with Gasteiger partial charge in [0.1, 0.15) is 12.4 Å². The Hall–Kier alpha value is -2.98. The van der Waals surface area contributed by atoms with E-state index in [4.69, 9.17) is 14.2 Å². The van der Waals surface area contributed by atoms with Crippen molar-refractivity contribution in [2.45, 2.75) is 19.6 Å². The highest BCUT2D eigenvalue weighted by Crippen LogP contribution is 2.29. The van der Waals surface area contributed by atoms with Gasteiger partial charge in [0.15, 0.2) is 11.5 Å². The minimum Gasteiger partial charge on any atom is -0.496 e. The number of para-hydroxylation sites is 1. The molecule has 28 heavy (non-hydrogen) atoms. The molecule has 0 aromatic heterocycles. The standard InChI is InChI=1S/C24H27NO3/c1-26-22-11-7-6-10-21(22)14-15-25-17-20-12-13-23(24(16-20)27-2)28-18-19-8-4-3-5-9-19/h3-13,16,25H,14-15,17-18H2,1-2H3. The van der Waals surface area contributed by atoms with Crippen molar-refractivity contribution in [3.8, 4) is 17.2 Å². The van der Waals surface area contributed by atoms with E-state index in [-0.39, 0.29) is 0 Å². The van der Waals surface area contributed by atoms with Gasteiger partial charge in [0.2, 0.25) is 0 Å². The molecule has 0 unspecified atom stereocenters. The van der Waals surface area contributed by atoms with Crippen LogP contribution in [0.1, 0.15) is 16.7 Å². The monoisotopic (exact) mass is 377 g/mol. The maximum Gasteiger partial charge on any atom is 0.161 e. The second-order valence-corrected chi connectivity index (χ2v) is 6.50. The van der Waals surface area contributed by atoms with Crippen LogP contribution in [0, 0.1) is 0 Å². The lowest BCUT2D eigenvalue weighted by molar-refractivity contribution is 0.284. The first-order valence-corrected chi connectivity index (χ1v) is 9.46. The van der Waals surface area contributed by atoms with E-state index in [1.54, 1.807) is 14.2 Å². The Kier molecular flexibility index (Phi) is 7.33. The van der Waals surface area contributed by atoms with Crippen LogP contribution in [-0.4, -0.2) is 20.8 Å². The van der Waals surface area contributed by atoms with E-state index in [9.17, 15) is 0 Å². The number of ether oxygens (including phenoxy) is 3. The second kappa shape index (κ2) is 10.4. The molecule has 0 saturated heterocycles. The number of nitrogens with one attached hydrogen (secondary N) is 1. The van der Waals surface area contributed by atoms with Gasteiger partial charge < -0.3 is 19.5 Å². The van der Waals surface area contributed by atoms with Gasteiger partial charge in [0.05, 0.1) is 14.2 Å². The number of methoxy groups -OCH3 is 2. The molecule has 3 aromatic rings. The molecule has 146 valence electrons. The molecule has 4 heteroatoms. The maximum atomic E-state index is 5.92. The minimum atomic E-state index is 0.522. The molecule has 0 radical (unpaired) electrons. The van der Waals surface area contributed by atoms with Crippen molar-refractivity contribution in [2.24, 2.45) is 0 Å². The van der Waals surface area contributed by atoms with Crippen LogP contribution in [-0.2, 0) is 19.6 Å². The van der Waals surface area contributed by atoms with E-state index < -0.39 is 0 Å². The van der Waals surface area contributed by atoms with Gasteiger partial charge in [-0.2, -0.15) is 0 Å². The fourth-order valence-corrected chi connectivity index (χ4v) is 3.04. The number of hydrogen-bond acceptors (Lipinski definition) is 4. The van der Waals surface area contributed by atoms with Gasteiger partial charge in [0.25, 0.3) is 0 Å². The molecule has 0 bridgehead atoms. The van der Waals surface area contributed by atoms with Gasteiger partial charge in [-0.05, 0) is 47.9 Å². The number of rotatable bonds is 10. The summed E-state index contributed by atoms with van der Waals surface area (Å²) in [6, 6.07) is 24.3. The molecule has 4 nitrogen and oxygen atoms in total. The molecule has 0 aliphatic heterocycles. The van der Waals surface area contributed by atoms with Crippen molar-refractivity contribution in [1.29, 1.82) is 0 Å². The Morgan fingerprint density at radius 3 is 2.25 bits per heavy atom. The summed E-state index contributed by atoms with van der Waals surface area (Å²) < 4.78 is 16.8. The summed E-state index contributed by atoms with van der Waals surface area (Å²) >= 11 is 0. The SMILES string of the molecule is COc1ccccc1CCNCc1ccc(OCc2ccccc2)c(OC)c1. The molecule has 0 heterocycles. The van der Waals surface area contributed by atoms with E-state index in [2.05, 4.69) is 17.4 Å². The van der Waals surface area contributed by atoms with Gasteiger partial charge in [-0.3, -0.25) is 0 Å². The van der Waals surface area contributed by atoms with Crippen molar-refractivity contribution in [1.82, 2.24) is 5.32 Å². The Labute approximate surface area is 167 Å². The smallest absolute Gasteiger partial charge is 0.161 e. The molecule has 1 N–H and O–H groups in total. The zero-order valence-corrected chi connectivity index (χ0v) is 16.5. The van der Waals surface area contributed by atoms with Gasteiger partial charge in [-0.25, -0.2) is 0 Å². The highest BCUT2D eigenvalue weighted by Gasteiger charge is 2.07. The summed E-state index contributed by atoms with van der Waals surface area (Å²) in [5.74, 6) is 2.44. The Morgan fingerprint density at radius 1 is 0.714 bits per heavy atom. The summed E-state index contributed by atoms with van der Waals surface area (Å²) in [7, 11) is 3.38. The Morgan fingerprint density at radius 2 is 1.46 bits per heavy atom. The number of benzene rings is 3.